The molecule has 166 valence electrons. The summed E-state index contributed by atoms with van der Waals surface area (Å²) in [6, 6.07) is 17.6. The molecule has 4 aromatic rings. The van der Waals surface area contributed by atoms with Crippen LogP contribution in [0.4, 0.5) is 5.95 Å². The average molecular weight is 453 g/mol. The van der Waals surface area contributed by atoms with Gasteiger partial charge in [-0.05, 0) is 53.4 Å². The molecule has 2 aromatic carbocycles. The highest BCUT2D eigenvalue weighted by molar-refractivity contribution is 7.90. The van der Waals surface area contributed by atoms with Crippen molar-refractivity contribution in [3.63, 3.8) is 0 Å². The molecule has 0 amide bonds. The van der Waals surface area contributed by atoms with Crippen LogP contribution in [0, 0.1) is 0 Å². The van der Waals surface area contributed by atoms with Gasteiger partial charge in [-0.15, -0.1) is 9.19 Å². The van der Waals surface area contributed by atoms with Gasteiger partial charge in [-0.2, -0.15) is 13.4 Å². The summed E-state index contributed by atoms with van der Waals surface area (Å²) < 4.78 is 38.0. The van der Waals surface area contributed by atoms with Crippen molar-refractivity contribution >= 4 is 16.0 Å². The van der Waals surface area contributed by atoms with Gasteiger partial charge in [-0.3, -0.25) is 0 Å². The fourth-order valence-corrected chi connectivity index (χ4v) is 4.33. The van der Waals surface area contributed by atoms with Crippen molar-refractivity contribution in [2.75, 3.05) is 12.4 Å². The summed E-state index contributed by atoms with van der Waals surface area (Å²) >= 11 is 0. The van der Waals surface area contributed by atoms with Crippen molar-refractivity contribution < 1.29 is 17.6 Å². The van der Waals surface area contributed by atoms with E-state index in [2.05, 4.69) is 41.4 Å². The van der Waals surface area contributed by atoms with Crippen LogP contribution in [0.25, 0.3) is 11.6 Å². The number of anilines is 1. The minimum absolute atomic E-state index is 0.0681. The van der Waals surface area contributed by atoms with Gasteiger partial charge in [0.25, 0.3) is 10.0 Å². The minimum Gasteiger partial charge on any atom is -0.497 e. The topological polar surface area (TPSA) is 99.3 Å². The van der Waals surface area contributed by atoms with Crippen LogP contribution in [-0.4, -0.2) is 29.7 Å². The largest absolute Gasteiger partial charge is 0.497 e. The maximum absolute atomic E-state index is 13.3. The van der Waals surface area contributed by atoms with Crippen LogP contribution in [0.5, 0.6) is 5.75 Å². The van der Waals surface area contributed by atoms with E-state index in [-0.39, 0.29) is 16.7 Å². The van der Waals surface area contributed by atoms with Crippen molar-refractivity contribution in [3.05, 3.63) is 78.1 Å². The van der Waals surface area contributed by atoms with Crippen LogP contribution in [0.1, 0.15) is 30.9 Å². The summed E-state index contributed by atoms with van der Waals surface area (Å²) in [6.07, 6.45) is 1.48. The Hall–Kier alpha value is -3.59. The summed E-state index contributed by atoms with van der Waals surface area (Å²) in [7, 11) is -2.48. The van der Waals surface area contributed by atoms with Gasteiger partial charge >= 0.3 is 0 Å². The molecule has 9 heteroatoms. The Morgan fingerprint density at radius 2 is 1.78 bits per heavy atom. The standard InChI is InChI=1S/C23H24N4O4S/c1-16(2)18-8-6-17(7-9-18)15-24-23-25-22(21-5-4-14-31-21)26-27(23)32(28,29)20-12-10-19(30-3)11-13-20/h4-14,16H,15H2,1-3H3,(H,24,25,26). The third-order valence-corrected chi connectivity index (χ3v) is 6.58. The molecule has 0 aliphatic heterocycles. The van der Waals surface area contributed by atoms with Gasteiger partial charge in [0.15, 0.2) is 5.76 Å². The van der Waals surface area contributed by atoms with Crippen molar-refractivity contribution in [3.8, 4) is 17.3 Å². The summed E-state index contributed by atoms with van der Waals surface area (Å²) in [6.45, 7) is 4.65. The second-order valence-electron chi connectivity index (χ2n) is 7.51. The van der Waals surface area contributed by atoms with E-state index in [1.165, 1.54) is 31.1 Å². The first kappa shape index (κ1) is 21.6. The number of methoxy groups -OCH3 is 1. The highest BCUT2D eigenvalue weighted by atomic mass is 32.2. The van der Waals surface area contributed by atoms with E-state index >= 15 is 0 Å². The fourth-order valence-electron chi connectivity index (χ4n) is 3.13. The van der Waals surface area contributed by atoms with Crippen LogP contribution in [0.15, 0.2) is 76.2 Å². The maximum Gasteiger partial charge on any atom is 0.286 e. The number of aromatic nitrogens is 3. The predicted molar refractivity (Wildman–Crippen MR) is 121 cm³/mol. The number of hydrogen-bond acceptors (Lipinski definition) is 7. The molecule has 0 spiro atoms. The smallest absolute Gasteiger partial charge is 0.286 e. The van der Waals surface area contributed by atoms with E-state index < -0.39 is 10.0 Å². The van der Waals surface area contributed by atoms with E-state index in [9.17, 15) is 8.42 Å². The van der Waals surface area contributed by atoms with Crippen LogP contribution >= 0.6 is 0 Å². The molecule has 0 atom stereocenters. The van der Waals surface area contributed by atoms with Crippen LogP contribution in [-0.2, 0) is 16.6 Å². The molecule has 8 nitrogen and oxygen atoms in total. The lowest BCUT2D eigenvalue weighted by atomic mass is 10.0. The molecule has 4 rings (SSSR count). The van der Waals surface area contributed by atoms with Crippen LogP contribution in [0.3, 0.4) is 0 Å². The number of nitrogens with one attached hydrogen (secondary N) is 1. The molecule has 2 aromatic heterocycles. The van der Waals surface area contributed by atoms with Gasteiger partial charge < -0.3 is 14.5 Å². The zero-order valence-corrected chi connectivity index (χ0v) is 18.8. The third kappa shape index (κ3) is 4.38. The molecule has 0 aliphatic rings. The molecule has 0 aliphatic carbocycles. The Balaban J connectivity index is 1.67. The highest BCUT2D eigenvalue weighted by Gasteiger charge is 2.25. The van der Waals surface area contributed by atoms with Crippen molar-refractivity contribution in [1.82, 2.24) is 14.2 Å². The molecule has 0 saturated carbocycles. The normalized spacial score (nSPS) is 11.6. The highest BCUT2D eigenvalue weighted by Crippen LogP contribution is 2.24. The van der Waals surface area contributed by atoms with Gasteiger partial charge in [-0.1, -0.05) is 38.1 Å². The summed E-state index contributed by atoms with van der Waals surface area (Å²) in [5, 5.41) is 7.33. The van der Waals surface area contributed by atoms with Gasteiger partial charge in [0, 0.05) is 6.54 Å². The SMILES string of the molecule is COc1ccc(S(=O)(=O)n2nc(-c3ccco3)nc2NCc2ccc(C(C)C)cc2)cc1. The van der Waals surface area contributed by atoms with Gasteiger partial charge in [0.1, 0.15) is 5.75 Å². The quantitative estimate of drug-likeness (QED) is 0.420. The number of rotatable bonds is 8. The van der Waals surface area contributed by atoms with E-state index in [0.29, 0.717) is 24.0 Å². The van der Waals surface area contributed by atoms with Crippen LogP contribution < -0.4 is 10.1 Å². The first-order valence-corrected chi connectivity index (χ1v) is 11.6. The number of ether oxygens (including phenoxy) is 1. The number of furan rings is 1. The molecular formula is C23H24N4O4S. The average Bonchev–Trinajstić information content (AvgIpc) is 3.48. The number of benzene rings is 2. The maximum atomic E-state index is 13.3. The Morgan fingerprint density at radius 3 is 2.38 bits per heavy atom. The Morgan fingerprint density at radius 1 is 1.06 bits per heavy atom. The molecule has 0 bridgehead atoms. The summed E-state index contributed by atoms with van der Waals surface area (Å²) in [4.78, 5) is 4.45. The molecule has 0 unspecified atom stereocenters. The number of nitrogens with zero attached hydrogens (tertiary/aromatic N) is 3. The second-order valence-corrected chi connectivity index (χ2v) is 9.28. The lowest BCUT2D eigenvalue weighted by molar-refractivity contribution is 0.414. The molecule has 2 heterocycles. The lowest BCUT2D eigenvalue weighted by Gasteiger charge is -2.10. The van der Waals surface area contributed by atoms with E-state index in [1.54, 1.807) is 24.3 Å². The van der Waals surface area contributed by atoms with E-state index in [4.69, 9.17) is 9.15 Å². The predicted octanol–water partition coefficient (Wildman–Crippen LogP) is 4.52. The van der Waals surface area contributed by atoms with E-state index in [1.807, 2.05) is 12.1 Å². The summed E-state index contributed by atoms with van der Waals surface area (Å²) in [5.41, 5.74) is 2.23. The summed E-state index contributed by atoms with van der Waals surface area (Å²) in [5.74, 6) is 1.63. The fraction of sp³-hybridized carbons (Fsp3) is 0.217. The van der Waals surface area contributed by atoms with Crippen molar-refractivity contribution in [1.29, 1.82) is 0 Å². The molecule has 0 saturated heterocycles. The monoisotopic (exact) mass is 452 g/mol. The first-order chi connectivity index (χ1) is 15.4. The van der Waals surface area contributed by atoms with Crippen LogP contribution in [0.2, 0.25) is 0 Å². The molecule has 0 radical (unpaired) electrons. The molecule has 32 heavy (non-hydrogen) atoms. The van der Waals surface area contributed by atoms with Gasteiger partial charge in [-0.25, -0.2) is 0 Å². The lowest BCUT2D eigenvalue weighted by Crippen LogP contribution is -2.18. The Bertz CT molecular complexity index is 1280. The van der Waals surface area contributed by atoms with E-state index in [0.717, 1.165) is 9.65 Å². The van der Waals surface area contributed by atoms with Gasteiger partial charge in [0.2, 0.25) is 11.8 Å². The minimum atomic E-state index is -4.00. The number of hydrogen-bond donors (Lipinski definition) is 1. The van der Waals surface area contributed by atoms with Gasteiger partial charge in [0.05, 0.1) is 18.3 Å². The Labute approximate surface area is 186 Å². The Kier molecular flexibility index (Phi) is 6.00. The molecular weight excluding hydrogens is 428 g/mol. The molecule has 0 fully saturated rings. The zero-order valence-electron chi connectivity index (χ0n) is 18.0. The second kappa shape index (κ2) is 8.88. The zero-order chi connectivity index (χ0) is 22.7. The molecule has 1 N–H and O–H groups in total. The first-order valence-electron chi connectivity index (χ1n) is 10.1. The van der Waals surface area contributed by atoms with Crippen molar-refractivity contribution in [2.24, 2.45) is 0 Å². The third-order valence-electron chi connectivity index (χ3n) is 5.00. The van der Waals surface area contributed by atoms with Crippen molar-refractivity contribution in [2.45, 2.75) is 31.2 Å².